The molecule has 0 aromatic carbocycles. The van der Waals surface area contributed by atoms with Crippen LogP contribution in [-0.4, -0.2) is 51.0 Å². The van der Waals surface area contributed by atoms with E-state index in [1.165, 1.54) is 0 Å². The van der Waals surface area contributed by atoms with Crippen LogP contribution in [0.3, 0.4) is 0 Å². The third-order valence-electron chi connectivity index (χ3n) is 3.99. The maximum Gasteiger partial charge on any atom is 0.315 e. The highest BCUT2D eigenvalue weighted by Gasteiger charge is 2.23. The number of hydrogen-bond acceptors (Lipinski definition) is 5. The molecule has 1 saturated heterocycles. The van der Waals surface area contributed by atoms with E-state index in [-0.39, 0.29) is 18.1 Å². The van der Waals surface area contributed by atoms with Gasteiger partial charge in [0.1, 0.15) is 0 Å². The second kappa shape index (κ2) is 7.76. The molecule has 0 bridgehead atoms. The molecule has 0 radical (unpaired) electrons. The van der Waals surface area contributed by atoms with Crippen molar-refractivity contribution in [3.63, 3.8) is 0 Å². The highest BCUT2D eigenvalue weighted by molar-refractivity contribution is 5.74. The molecule has 24 heavy (non-hydrogen) atoms. The lowest BCUT2D eigenvalue weighted by Gasteiger charge is -2.33. The summed E-state index contributed by atoms with van der Waals surface area (Å²) in [4.78, 5) is 22.9. The summed E-state index contributed by atoms with van der Waals surface area (Å²) in [5.41, 5.74) is 0. The van der Waals surface area contributed by atoms with Crippen LogP contribution in [0, 0.1) is 0 Å². The number of carbonyl (C=O) groups excluding carboxylic acids is 1. The van der Waals surface area contributed by atoms with Crippen molar-refractivity contribution in [3.8, 4) is 0 Å². The predicted octanol–water partition coefficient (Wildman–Crippen LogP) is 1.03. The molecular weight excluding hydrogens is 306 g/mol. The van der Waals surface area contributed by atoms with E-state index >= 15 is 0 Å². The maximum absolute atomic E-state index is 12.2. The van der Waals surface area contributed by atoms with Gasteiger partial charge >= 0.3 is 6.03 Å². The lowest BCUT2D eigenvalue weighted by molar-refractivity contribution is 0.230. The number of piperidine rings is 1. The SMILES string of the molecule is C[C@@H](Cn1cccn1)NC(=O)N[C@@H]1CCCN(c2ncccn2)C1. The molecule has 8 nitrogen and oxygen atoms in total. The van der Waals surface area contributed by atoms with E-state index in [1.807, 2.05) is 19.2 Å². The Balaban J connectivity index is 1.47. The Kier molecular flexibility index (Phi) is 5.25. The van der Waals surface area contributed by atoms with Crippen LogP contribution in [0.15, 0.2) is 36.9 Å². The van der Waals surface area contributed by atoms with E-state index in [2.05, 4.69) is 30.6 Å². The van der Waals surface area contributed by atoms with Gasteiger partial charge in [0.05, 0.1) is 6.54 Å². The van der Waals surface area contributed by atoms with Crippen molar-refractivity contribution in [2.75, 3.05) is 18.0 Å². The quantitative estimate of drug-likeness (QED) is 0.855. The Morgan fingerprint density at radius 1 is 1.33 bits per heavy atom. The zero-order chi connectivity index (χ0) is 16.8. The smallest absolute Gasteiger partial charge is 0.315 e. The van der Waals surface area contributed by atoms with E-state index in [9.17, 15) is 4.79 Å². The largest absolute Gasteiger partial charge is 0.339 e. The first kappa shape index (κ1) is 16.2. The van der Waals surface area contributed by atoms with Gasteiger partial charge in [-0.25, -0.2) is 14.8 Å². The van der Waals surface area contributed by atoms with Crippen LogP contribution in [0.4, 0.5) is 10.7 Å². The van der Waals surface area contributed by atoms with Gasteiger partial charge in [-0.1, -0.05) is 0 Å². The number of rotatable bonds is 5. The topological polar surface area (TPSA) is 88.0 Å². The molecule has 3 rings (SSSR count). The van der Waals surface area contributed by atoms with Crippen molar-refractivity contribution < 1.29 is 4.79 Å². The zero-order valence-corrected chi connectivity index (χ0v) is 13.8. The summed E-state index contributed by atoms with van der Waals surface area (Å²) in [7, 11) is 0. The summed E-state index contributed by atoms with van der Waals surface area (Å²) in [6.07, 6.45) is 9.06. The van der Waals surface area contributed by atoms with Crippen LogP contribution in [-0.2, 0) is 6.54 Å². The molecule has 8 heteroatoms. The highest BCUT2D eigenvalue weighted by Crippen LogP contribution is 2.15. The van der Waals surface area contributed by atoms with Crippen molar-refractivity contribution in [2.45, 2.75) is 38.4 Å². The van der Waals surface area contributed by atoms with Crippen molar-refractivity contribution in [1.29, 1.82) is 0 Å². The lowest BCUT2D eigenvalue weighted by atomic mass is 10.1. The molecule has 2 amide bonds. The molecule has 3 heterocycles. The molecule has 2 aromatic rings. The lowest BCUT2D eigenvalue weighted by Crippen LogP contribution is -2.52. The number of amides is 2. The zero-order valence-electron chi connectivity index (χ0n) is 13.8. The number of anilines is 1. The summed E-state index contributed by atoms with van der Waals surface area (Å²) >= 11 is 0. The highest BCUT2D eigenvalue weighted by atomic mass is 16.2. The van der Waals surface area contributed by atoms with E-state index in [4.69, 9.17) is 0 Å². The van der Waals surface area contributed by atoms with Gasteiger partial charge in [-0.3, -0.25) is 4.68 Å². The average molecular weight is 329 g/mol. The molecule has 0 aliphatic carbocycles. The Morgan fingerprint density at radius 2 is 2.17 bits per heavy atom. The Bertz CT molecular complexity index is 631. The second-order valence-electron chi connectivity index (χ2n) is 6.08. The average Bonchev–Trinajstić information content (AvgIpc) is 3.08. The summed E-state index contributed by atoms with van der Waals surface area (Å²) in [5.74, 6) is 0.719. The van der Waals surface area contributed by atoms with Gasteiger partial charge in [0.25, 0.3) is 0 Å². The van der Waals surface area contributed by atoms with Gasteiger partial charge in [-0.05, 0) is 31.9 Å². The summed E-state index contributed by atoms with van der Waals surface area (Å²) in [6, 6.07) is 3.63. The fraction of sp³-hybridized carbons (Fsp3) is 0.500. The van der Waals surface area contributed by atoms with Crippen LogP contribution < -0.4 is 15.5 Å². The molecule has 0 unspecified atom stereocenters. The second-order valence-corrected chi connectivity index (χ2v) is 6.08. The molecule has 1 fully saturated rings. The number of nitrogens with zero attached hydrogens (tertiary/aromatic N) is 5. The van der Waals surface area contributed by atoms with Gasteiger partial charge in [0, 0.05) is 50.0 Å². The number of aromatic nitrogens is 4. The number of carbonyl (C=O) groups is 1. The van der Waals surface area contributed by atoms with E-state index in [0.717, 1.165) is 31.9 Å². The molecular formula is C16H23N7O. The molecule has 0 spiro atoms. The molecule has 0 saturated carbocycles. The molecule has 1 aliphatic rings. The summed E-state index contributed by atoms with van der Waals surface area (Å²) in [6.45, 7) is 4.26. The monoisotopic (exact) mass is 329 g/mol. The maximum atomic E-state index is 12.2. The van der Waals surface area contributed by atoms with E-state index in [0.29, 0.717) is 6.54 Å². The van der Waals surface area contributed by atoms with Gasteiger partial charge in [-0.2, -0.15) is 5.10 Å². The summed E-state index contributed by atoms with van der Waals surface area (Å²) in [5, 5.41) is 10.2. The minimum Gasteiger partial charge on any atom is -0.339 e. The van der Waals surface area contributed by atoms with Gasteiger partial charge in [-0.15, -0.1) is 0 Å². The predicted molar refractivity (Wildman–Crippen MR) is 90.6 cm³/mol. The summed E-state index contributed by atoms with van der Waals surface area (Å²) < 4.78 is 1.81. The first-order valence-corrected chi connectivity index (χ1v) is 8.27. The first-order chi connectivity index (χ1) is 11.7. The molecule has 2 atom stereocenters. The van der Waals surface area contributed by atoms with Crippen LogP contribution >= 0.6 is 0 Å². The Hall–Kier alpha value is -2.64. The minimum atomic E-state index is -0.143. The minimum absolute atomic E-state index is 0.00190. The third-order valence-corrected chi connectivity index (χ3v) is 3.99. The fourth-order valence-corrected chi connectivity index (χ4v) is 2.92. The van der Waals surface area contributed by atoms with Crippen LogP contribution in [0.5, 0.6) is 0 Å². The standard InChI is InChI=1S/C16H23N7O/c1-13(11-23-10-4-8-19-23)20-16(24)21-14-5-2-9-22(12-14)15-17-6-3-7-18-15/h3-4,6-8,10,13-14H,2,5,9,11-12H2,1H3,(H2,20,21,24)/t13-,14+/m0/s1. The molecule has 2 N–H and O–H groups in total. The Labute approximate surface area is 141 Å². The number of nitrogens with one attached hydrogen (secondary N) is 2. The van der Waals surface area contributed by atoms with Crippen LogP contribution in [0.1, 0.15) is 19.8 Å². The fourth-order valence-electron chi connectivity index (χ4n) is 2.92. The Morgan fingerprint density at radius 3 is 2.92 bits per heavy atom. The van der Waals surface area contributed by atoms with Gasteiger partial charge < -0.3 is 15.5 Å². The van der Waals surface area contributed by atoms with Crippen LogP contribution in [0.25, 0.3) is 0 Å². The normalized spacial score (nSPS) is 18.9. The van der Waals surface area contributed by atoms with Gasteiger partial charge in [0.2, 0.25) is 5.95 Å². The van der Waals surface area contributed by atoms with Crippen LogP contribution in [0.2, 0.25) is 0 Å². The van der Waals surface area contributed by atoms with Crippen molar-refractivity contribution in [1.82, 2.24) is 30.4 Å². The third kappa shape index (κ3) is 4.43. The molecule has 1 aliphatic heterocycles. The molecule has 2 aromatic heterocycles. The van der Waals surface area contributed by atoms with E-state index in [1.54, 1.807) is 29.3 Å². The number of hydrogen-bond donors (Lipinski definition) is 2. The molecule has 128 valence electrons. The van der Waals surface area contributed by atoms with Gasteiger partial charge in [0.15, 0.2) is 0 Å². The number of urea groups is 1. The first-order valence-electron chi connectivity index (χ1n) is 8.27. The van der Waals surface area contributed by atoms with Crippen molar-refractivity contribution in [2.24, 2.45) is 0 Å². The van der Waals surface area contributed by atoms with Crippen molar-refractivity contribution in [3.05, 3.63) is 36.9 Å². The van der Waals surface area contributed by atoms with E-state index < -0.39 is 0 Å². The van der Waals surface area contributed by atoms with Crippen molar-refractivity contribution >= 4 is 12.0 Å².